The first-order chi connectivity index (χ1) is 13.0. The number of carbonyl (C=O) groups is 2. The number of hydrogen-bond acceptors (Lipinski definition) is 3. The molecule has 0 aliphatic carbocycles. The Morgan fingerprint density at radius 1 is 1.39 bits per heavy atom. The van der Waals surface area contributed by atoms with Crippen LogP contribution in [0.2, 0.25) is 0 Å². The molecular weight excluding hydrogens is 356 g/mol. The van der Waals surface area contributed by atoms with E-state index in [4.69, 9.17) is 0 Å². The van der Waals surface area contributed by atoms with Gasteiger partial charge in [-0.15, -0.1) is 10.9 Å². The number of guanidine groups is 1. The summed E-state index contributed by atoms with van der Waals surface area (Å²) in [5, 5.41) is 9.22. The second kappa shape index (κ2) is 7.85. The Balaban J connectivity index is 2.54. The van der Waals surface area contributed by atoms with E-state index < -0.39 is 17.2 Å². The van der Waals surface area contributed by atoms with Crippen LogP contribution in [-0.2, 0) is 4.79 Å². The summed E-state index contributed by atoms with van der Waals surface area (Å²) >= 11 is 0. The quantitative estimate of drug-likeness (QED) is 0.794. The number of nitrogens with zero attached hydrogens (tertiary/aromatic N) is 4. The monoisotopic (exact) mass is 382 g/mol. The minimum Gasteiger partial charge on any atom is -0.463 e. The Morgan fingerprint density at radius 2 is 2.07 bits per heavy atom. The smallest absolute Gasteiger partial charge is 0.434 e. The number of aromatic nitrogens is 1. The fourth-order valence-corrected chi connectivity index (χ4v) is 3.44. The van der Waals surface area contributed by atoms with Gasteiger partial charge in [-0.05, 0) is 46.2 Å². The number of carboxylic acid groups (broad SMARTS) is 1. The summed E-state index contributed by atoms with van der Waals surface area (Å²) in [6, 6.07) is 1.91. The van der Waals surface area contributed by atoms with Crippen LogP contribution in [0.4, 0.5) is 4.79 Å². The van der Waals surface area contributed by atoms with Crippen LogP contribution in [0, 0.1) is 11.8 Å². The van der Waals surface area contributed by atoms with Gasteiger partial charge in [-0.25, -0.2) is 4.79 Å². The third kappa shape index (κ3) is 4.58. The van der Waals surface area contributed by atoms with Crippen LogP contribution in [0.1, 0.15) is 52.2 Å². The SMILES string of the molecule is CC#Cc1cncc(C=C[C@]2(C)CC(=O)N(C)C(=NC(=O)O)N2C(C)(C)C)c1. The van der Waals surface area contributed by atoms with Crippen LogP contribution in [0.3, 0.4) is 0 Å². The molecule has 1 atom stereocenters. The van der Waals surface area contributed by atoms with Gasteiger partial charge in [-0.3, -0.25) is 14.7 Å². The van der Waals surface area contributed by atoms with Gasteiger partial charge in [-0.1, -0.05) is 18.1 Å². The Bertz CT molecular complexity index is 902. The maximum absolute atomic E-state index is 12.6. The molecule has 1 aromatic heterocycles. The van der Waals surface area contributed by atoms with Crippen LogP contribution < -0.4 is 0 Å². The summed E-state index contributed by atoms with van der Waals surface area (Å²) in [4.78, 5) is 34.9. The fourth-order valence-electron chi connectivity index (χ4n) is 3.44. The van der Waals surface area contributed by atoms with Crippen molar-refractivity contribution in [3.63, 3.8) is 0 Å². The third-order valence-corrected chi connectivity index (χ3v) is 4.42. The summed E-state index contributed by atoms with van der Waals surface area (Å²) in [6.07, 6.45) is 6.04. The zero-order valence-electron chi connectivity index (χ0n) is 17.1. The Morgan fingerprint density at radius 3 is 2.64 bits per heavy atom. The average molecular weight is 382 g/mol. The van der Waals surface area contributed by atoms with E-state index in [9.17, 15) is 14.7 Å². The maximum Gasteiger partial charge on any atom is 0.434 e. The predicted octanol–water partition coefficient (Wildman–Crippen LogP) is 3.22. The van der Waals surface area contributed by atoms with Gasteiger partial charge in [0.2, 0.25) is 11.9 Å². The summed E-state index contributed by atoms with van der Waals surface area (Å²) in [5.41, 5.74) is 0.409. The van der Waals surface area contributed by atoms with Gasteiger partial charge in [0, 0.05) is 30.5 Å². The molecule has 1 aromatic rings. The molecule has 7 nitrogen and oxygen atoms in total. The normalized spacial score (nSPS) is 21.8. The van der Waals surface area contributed by atoms with Crippen molar-refractivity contribution in [2.24, 2.45) is 4.99 Å². The molecule has 0 spiro atoms. The number of aliphatic imine (C=N–C) groups is 1. The van der Waals surface area contributed by atoms with Gasteiger partial charge in [-0.2, -0.15) is 0 Å². The maximum atomic E-state index is 12.6. The molecule has 148 valence electrons. The Labute approximate surface area is 165 Å². The van der Waals surface area contributed by atoms with Crippen LogP contribution in [0.25, 0.3) is 6.08 Å². The standard InChI is InChI=1S/C21H26N4O3/c1-7-8-15-11-16(14-22-13-15)9-10-21(5)12-17(26)24(6)18(23-19(27)28)25(21)20(2,3)4/h9-11,13-14H,12H2,1-6H3,(H,27,28)/t21-/m1/s1. The number of amides is 2. The van der Waals surface area contributed by atoms with E-state index in [2.05, 4.69) is 21.8 Å². The molecule has 0 saturated carbocycles. The van der Waals surface area contributed by atoms with E-state index in [0.29, 0.717) is 0 Å². The van der Waals surface area contributed by atoms with Gasteiger partial charge in [0.05, 0.1) is 12.0 Å². The van der Waals surface area contributed by atoms with Crippen molar-refractivity contribution in [2.75, 3.05) is 7.05 Å². The second-order valence-electron chi connectivity index (χ2n) is 7.90. The third-order valence-electron chi connectivity index (χ3n) is 4.42. The lowest BCUT2D eigenvalue weighted by molar-refractivity contribution is -0.132. The van der Waals surface area contributed by atoms with E-state index in [1.54, 1.807) is 26.4 Å². The molecule has 28 heavy (non-hydrogen) atoms. The molecular formula is C21H26N4O3. The van der Waals surface area contributed by atoms with Gasteiger partial charge < -0.3 is 10.0 Å². The Hall–Kier alpha value is -3.14. The summed E-state index contributed by atoms with van der Waals surface area (Å²) in [7, 11) is 1.54. The van der Waals surface area contributed by atoms with Gasteiger partial charge in [0.15, 0.2) is 0 Å². The highest BCUT2D eigenvalue weighted by atomic mass is 16.4. The van der Waals surface area contributed by atoms with Crippen molar-refractivity contribution in [1.82, 2.24) is 14.8 Å². The number of hydrogen-bond donors (Lipinski definition) is 1. The summed E-state index contributed by atoms with van der Waals surface area (Å²) in [5.74, 6) is 5.73. The molecule has 1 saturated heterocycles. The van der Waals surface area contributed by atoms with Crippen LogP contribution in [-0.4, -0.2) is 56.0 Å². The van der Waals surface area contributed by atoms with Crippen LogP contribution in [0.15, 0.2) is 29.5 Å². The molecule has 7 heteroatoms. The van der Waals surface area contributed by atoms with Crippen molar-refractivity contribution < 1.29 is 14.7 Å². The van der Waals surface area contributed by atoms with E-state index in [1.165, 1.54) is 4.90 Å². The molecule has 0 bridgehead atoms. The predicted molar refractivity (Wildman–Crippen MR) is 109 cm³/mol. The van der Waals surface area contributed by atoms with E-state index in [1.807, 2.05) is 50.8 Å². The molecule has 1 aliphatic rings. The molecule has 2 rings (SSSR count). The zero-order chi connectivity index (χ0) is 21.1. The van der Waals surface area contributed by atoms with Crippen molar-refractivity contribution >= 4 is 24.0 Å². The lowest BCUT2D eigenvalue weighted by atomic mass is 9.86. The number of carbonyl (C=O) groups excluding carboxylic acids is 1. The van der Waals surface area contributed by atoms with Crippen molar-refractivity contribution in [2.45, 2.75) is 52.1 Å². The molecule has 1 fully saturated rings. The molecule has 1 N–H and O–H groups in total. The lowest BCUT2D eigenvalue weighted by Gasteiger charge is -2.53. The van der Waals surface area contributed by atoms with Gasteiger partial charge in [0.25, 0.3) is 0 Å². The highest BCUT2D eigenvalue weighted by Crippen LogP contribution is 2.35. The van der Waals surface area contributed by atoms with Crippen molar-refractivity contribution in [3.05, 3.63) is 35.7 Å². The minimum absolute atomic E-state index is 0.118. The molecule has 1 aliphatic heterocycles. The van der Waals surface area contributed by atoms with Crippen molar-refractivity contribution in [1.29, 1.82) is 0 Å². The summed E-state index contributed by atoms with van der Waals surface area (Å²) < 4.78 is 0. The first-order valence-electron chi connectivity index (χ1n) is 8.93. The molecule has 2 heterocycles. The molecule has 0 unspecified atom stereocenters. The highest BCUT2D eigenvalue weighted by Gasteiger charge is 2.47. The molecule has 2 amide bonds. The minimum atomic E-state index is -1.34. The van der Waals surface area contributed by atoms with Crippen LogP contribution >= 0.6 is 0 Å². The number of rotatable bonds is 2. The van der Waals surface area contributed by atoms with Crippen LogP contribution in [0.5, 0.6) is 0 Å². The van der Waals surface area contributed by atoms with Crippen molar-refractivity contribution in [3.8, 4) is 11.8 Å². The first-order valence-corrected chi connectivity index (χ1v) is 8.93. The first kappa shape index (κ1) is 21.2. The fraction of sp³-hybridized carbons (Fsp3) is 0.429. The summed E-state index contributed by atoms with van der Waals surface area (Å²) in [6.45, 7) is 9.54. The molecule has 0 aromatic carbocycles. The molecule has 0 radical (unpaired) electrons. The van der Waals surface area contributed by atoms with Gasteiger partial charge in [0.1, 0.15) is 0 Å². The zero-order valence-corrected chi connectivity index (χ0v) is 17.1. The second-order valence-corrected chi connectivity index (χ2v) is 7.90. The van der Waals surface area contributed by atoms with E-state index >= 15 is 0 Å². The lowest BCUT2D eigenvalue weighted by Crippen LogP contribution is -2.67. The largest absolute Gasteiger partial charge is 0.463 e. The van der Waals surface area contributed by atoms with E-state index in [-0.39, 0.29) is 18.3 Å². The highest BCUT2D eigenvalue weighted by molar-refractivity contribution is 6.04. The van der Waals surface area contributed by atoms with Gasteiger partial charge >= 0.3 is 6.09 Å². The number of pyridine rings is 1. The van der Waals surface area contributed by atoms with E-state index in [0.717, 1.165) is 11.1 Å². The topological polar surface area (TPSA) is 86.1 Å². The average Bonchev–Trinajstić information content (AvgIpc) is 2.57. The Kier molecular flexibility index (Phi) is 5.93.